The Morgan fingerprint density at radius 3 is 2.57 bits per heavy atom. The monoisotopic (exact) mass is 330 g/mol. The number of aromatic nitrogens is 2. The van der Waals surface area contributed by atoms with E-state index in [-0.39, 0.29) is 5.75 Å². The van der Waals surface area contributed by atoms with Gasteiger partial charge in [-0.25, -0.2) is 4.21 Å². The minimum Gasteiger partial charge on any atom is -0.465 e. The largest absolute Gasteiger partial charge is 0.465 e. The maximum Gasteiger partial charge on any atom is 0.297 e. The summed E-state index contributed by atoms with van der Waals surface area (Å²) in [7, 11) is 0. The Hall–Kier alpha value is -2.18. The standard InChI is InChI=1S/C17H18N2O3S/c1-2-22-17-18-15-9-5-6-10-16(15)19(17)11-13-7-3-4-8-14(13)12-23(20)21/h3-10H,2,11-12H2,1H3,(H,20,21). The van der Waals surface area contributed by atoms with Gasteiger partial charge in [0.1, 0.15) is 0 Å². The Morgan fingerprint density at radius 1 is 1.13 bits per heavy atom. The summed E-state index contributed by atoms with van der Waals surface area (Å²) >= 11 is -1.87. The average molecular weight is 330 g/mol. The zero-order valence-electron chi connectivity index (χ0n) is 12.8. The molecule has 1 heterocycles. The van der Waals surface area contributed by atoms with Crippen LogP contribution in [0, 0.1) is 0 Å². The molecule has 0 radical (unpaired) electrons. The van der Waals surface area contributed by atoms with Crippen LogP contribution in [0.5, 0.6) is 6.01 Å². The fourth-order valence-corrected chi connectivity index (χ4v) is 3.15. The summed E-state index contributed by atoms with van der Waals surface area (Å²) in [6, 6.07) is 16.1. The Morgan fingerprint density at radius 2 is 1.83 bits per heavy atom. The number of rotatable bonds is 6. The summed E-state index contributed by atoms with van der Waals surface area (Å²) in [5.41, 5.74) is 3.70. The summed E-state index contributed by atoms with van der Waals surface area (Å²) in [5, 5.41) is 0. The van der Waals surface area contributed by atoms with Crippen molar-refractivity contribution in [3.8, 4) is 6.01 Å². The van der Waals surface area contributed by atoms with Gasteiger partial charge in [0.15, 0.2) is 11.1 Å². The van der Waals surface area contributed by atoms with E-state index < -0.39 is 11.1 Å². The van der Waals surface area contributed by atoms with E-state index in [0.29, 0.717) is 19.2 Å². The molecule has 0 amide bonds. The Labute approximate surface area is 137 Å². The summed E-state index contributed by atoms with van der Waals surface area (Å²) in [6.45, 7) is 3.00. The van der Waals surface area contributed by atoms with Gasteiger partial charge in [-0.2, -0.15) is 4.98 Å². The first-order valence-electron chi connectivity index (χ1n) is 7.41. The predicted octanol–water partition coefficient (Wildman–Crippen LogP) is 3.21. The van der Waals surface area contributed by atoms with Gasteiger partial charge < -0.3 is 9.29 Å². The molecule has 23 heavy (non-hydrogen) atoms. The first-order chi connectivity index (χ1) is 11.2. The normalized spacial score (nSPS) is 12.4. The van der Waals surface area contributed by atoms with Crippen molar-refractivity contribution in [3.05, 3.63) is 59.7 Å². The molecule has 3 aromatic rings. The lowest BCUT2D eigenvalue weighted by Crippen LogP contribution is -2.07. The van der Waals surface area contributed by atoms with Gasteiger partial charge in [0, 0.05) is 0 Å². The van der Waals surface area contributed by atoms with Crippen molar-refractivity contribution < 1.29 is 13.5 Å². The van der Waals surface area contributed by atoms with Crippen LogP contribution in [-0.2, 0) is 23.4 Å². The molecule has 5 nitrogen and oxygen atoms in total. The van der Waals surface area contributed by atoms with Crippen LogP contribution in [-0.4, -0.2) is 24.9 Å². The molecule has 1 N–H and O–H groups in total. The highest BCUT2D eigenvalue weighted by Gasteiger charge is 2.13. The maximum absolute atomic E-state index is 11.2. The number of hydrogen-bond acceptors (Lipinski definition) is 3. The lowest BCUT2D eigenvalue weighted by atomic mass is 10.1. The molecule has 0 fully saturated rings. The third-order valence-electron chi connectivity index (χ3n) is 3.62. The predicted molar refractivity (Wildman–Crippen MR) is 90.9 cm³/mol. The van der Waals surface area contributed by atoms with Crippen molar-refractivity contribution in [2.45, 2.75) is 19.2 Å². The molecular weight excluding hydrogens is 312 g/mol. The van der Waals surface area contributed by atoms with Crippen LogP contribution >= 0.6 is 0 Å². The molecular formula is C17H18N2O3S. The van der Waals surface area contributed by atoms with Gasteiger partial charge in [0.2, 0.25) is 0 Å². The van der Waals surface area contributed by atoms with E-state index in [9.17, 15) is 8.76 Å². The second kappa shape index (κ2) is 6.93. The lowest BCUT2D eigenvalue weighted by Gasteiger charge is -2.12. The SMILES string of the molecule is CCOc1nc2ccccc2n1Cc1ccccc1CS(=O)O. The van der Waals surface area contributed by atoms with Crippen LogP contribution in [0.25, 0.3) is 11.0 Å². The summed E-state index contributed by atoms with van der Waals surface area (Å²) in [5.74, 6) is 0.118. The highest BCUT2D eigenvalue weighted by Crippen LogP contribution is 2.24. The van der Waals surface area contributed by atoms with E-state index in [2.05, 4.69) is 4.98 Å². The summed E-state index contributed by atoms with van der Waals surface area (Å²) in [4.78, 5) is 4.52. The van der Waals surface area contributed by atoms with Crippen LogP contribution in [0.4, 0.5) is 0 Å². The molecule has 0 spiro atoms. The number of fused-ring (bicyclic) bond motifs is 1. The lowest BCUT2D eigenvalue weighted by molar-refractivity contribution is 0.301. The van der Waals surface area contributed by atoms with Crippen LogP contribution < -0.4 is 4.74 Å². The molecule has 1 unspecified atom stereocenters. The van der Waals surface area contributed by atoms with Gasteiger partial charge in [-0.15, -0.1) is 0 Å². The van der Waals surface area contributed by atoms with Crippen molar-refractivity contribution in [1.82, 2.24) is 9.55 Å². The van der Waals surface area contributed by atoms with Crippen molar-refractivity contribution in [2.24, 2.45) is 0 Å². The van der Waals surface area contributed by atoms with Crippen LogP contribution in [0.2, 0.25) is 0 Å². The highest BCUT2D eigenvalue weighted by molar-refractivity contribution is 7.78. The summed E-state index contributed by atoms with van der Waals surface area (Å²) < 4.78 is 28.0. The minimum atomic E-state index is -1.87. The zero-order valence-corrected chi connectivity index (χ0v) is 13.6. The van der Waals surface area contributed by atoms with Gasteiger partial charge in [-0.3, -0.25) is 4.57 Å². The number of para-hydroxylation sites is 2. The minimum absolute atomic E-state index is 0.118. The molecule has 120 valence electrons. The number of ether oxygens (including phenoxy) is 1. The van der Waals surface area contributed by atoms with Crippen molar-refractivity contribution >= 4 is 22.1 Å². The van der Waals surface area contributed by atoms with Gasteiger partial charge >= 0.3 is 0 Å². The molecule has 1 atom stereocenters. The van der Waals surface area contributed by atoms with Crippen LogP contribution in [0.1, 0.15) is 18.1 Å². The van der Waals surface area contributed by atoms with E-state index >= 15 is 0 Å². The van der Waals surface area contributed by atoms with Crippen molar-refractivity contribution in [1.29, 1.82) is 0 Å². The first-order valence-corrected chi connectivity index (χ1v) is 8.69. The average Bonchev–Trinajstić information content (AvgIpc) is 2.87. The Bertz CT molecular complexity index is 845. The second-order valence-corrected chi connectivity index (χ2v) is 6.07. The number of nitrogens with zero attached hydrogens (tertiary/aromatic N) is 2. The molecule has 3 rings (SSSR count). The van der Waals surface area contributed by atoms with E-state index in [1.54, 1.807) is 0 Å². The van der Waals surface area contributed by atoms with E-state index in [1.165, 1.54) is 0 Å². The van der Waals surface area contributed by atoms with Gasteiger partial charge in [0.05, 0.1) is 29.9 Å². The fourth-order valence-electron chi connectivity index (χ4n) is 2.60. The van der Waals surface area contributed by atoms with Crippen LogP contribution in [0.15, 0.2) is 48.5 Å². The molecule has 1 aromatic heterocycles. The van der Waals surface area contributed by atoms with Gasteiger partial charge in [-0.05, 0) is 30.2 Å². The molecule has 6 heteroatoms. The first kappa shape index (κ1) is 15.7. The summed E-state index contributed by atoms with van der Waals surface area (Å²) in [6.07, 6.45) is 0. The van der Waals surface area contributed by atoms with E-state index in [1.807, 2.05) is 60.0 Å². The van der Waals surface area contributed by atoms with Gasteiger partial charge in [-0.1, -0.05) is 36.4 Å². The topological polar surface area (TPSA) is 64.4 Å². The smallest absolute Gasteiger partial charge is 0.297 e. The zero-order chi connectivity index (χ0) is 16.2. The quantitative estimate of drug-likeness (QED) is 0.705. The highest BCUT2D eigenvalue weighted by atomic mass is 32.2. The third-order valence-corrected chi connectivity index (χ3v) is 4.18. The fraction of sp³-hybridized carbons (Fsp3) is 0.235. The molecule has 0 saturated carbocycles. The van der Waals surface area contributed by atoms with Crippen LogP contribution in [0.3, 0.4) is 0 Å². The molecule has 0 aliphatic heterocycles. The third kappa shape index (κ3) is 3.43. The molecule has 0 saturated heterocycles. The Kier molecular flexibility index (Phi) is 4.73. The maximum atomic E-state index is 11.2. The van der Waals surface area contributed by atoms with Crippen molar-refractivity contribution in [2.75, 3.05) is 6.61 Å². The van der Waals surface area contributed by atoms with E-state index in [0.717, 1.165) is 22.2 Å². The Balaban J connectivity index is 2.04. The van der Waals surface area contributed by atoms with E-state index in [4.69, 9.17) is 4.74 Å². The van der Waals surface area contributed by atoms with Gasteiger partial charge in [0.25, 0.3) is 6.01 Å². The number of hydrogen-bond donors (Lipinski definition) is 1. The molecule has 0 aliphatic carbocycles. The molecule has 0 aliphatic rings. The second-order valence-electron chi connectivity index (χ2n) is 5.14. The number of imidazole rings is 1. The van der Waals surface area contributed by atoms with Crippen molar-refractivity contribution in [3.63, 3.8) is 0 Å². The number of benzene rings is 2. The molecule has 0 bridgehead atoms. The molecule has 2 aromatic carbocycles.